The fourth-order valence-corrected chi connectivity index (χ4v) is 30.4. The van der Waals surface area contributed by atoms with Gasteiger partial charge in [0.2, 0.25) is 5.78 Å². The van der Waals surface area contributed by atoms with Crippen LogP contribution in [0.25, 0.3) is 33.5 Å². The Hall–Kier alpha value is -7.44. The first kappa shape index (κ1) is 41.0. The van der Waals surface area contributed by atoms with Crippen LogP contribution in [0.4, 0.5) is 0 Å². The van der Waals surface area contributed by atoms with Gasteiger partial charge < -0.3 is 4.74 Å². The number of nitrogens with zero attached hydrogens (tertiary/aromatic N) is 5. The first-order valence-electron chi connectivity index (χ1n) is 23.1. The Labute approximate surface area is 393 Å². The zero-order valence-corrected chi connectivity index (χ0v) is 41.0. The second-order valence-corrected chi connectivity index (χ2v) is 32.3. The number of aromatic nitrogens is 5. The van der Waals surface area contributed by atoms with Crippen LogP contribution in [0.5, 0.6) is 11.5 Å². The van der Waals surface area contributed by atoms with Crippen LogP contribution in [-0.2, 0) is 4.66 Å². The molecule has 0 fully saturated rings. The lowest BCUT2D eigenvalue weighted by Gasteiger charge is -2.57. The van der Waals surface area contributed by atoms with Crippen LogP contribution < -0.4 is 35.9 Å². The predicted molar refractivity (Wildman–Crippen MR) is 283 cm³/mol. The van der Waals surface area contributed by atoms with Gasteiger partial charge in [-0.2, -0.15) is 0 Å². The van der Waals surface area contributed by atoms with Gasteiger partial charge in [-0.3, -0.25) is 18.9 Å². The first-order chi connectivity index (χ1) is 32.8. The zero-order valence-electron chi connectivity index (χ0n) is 38.0. The highest BCUT2D eigenvalue weighted by Crippen LogP contribution is 2.56. The molecule has 5 heterocycles. The molecule has 1 aliphatic rings. The van der Waals surface area contributed by atoms with E-state index in [0.717, 1.165) is 45.0 Å². The van der Waals surface area contributed by atoms with E-state index in [-0.39, 0.29) is 0 Å². The molecular formula is C58H49N5OSi3. The summed E-state index contributed by atoms with van der Waals surface area (Å²) in [6, 6.07) is 73.8. The Morgan fingerprint density at radius 2 is 1.00 bits per heavy atom. The molecule has 0 spiro atoms. The molecule has 0 amide bonds. The lowest BCUT2D eigenvalue weighted by molar-refractivity contribution is 0.453. The number of ether oxygens (including phenoxy) is 1. The van der Waals surface area contributed by atoms with Crippen molar-refractivity contribution in [2.45, 2.75) is 30.8 Å². The minimum atomic E-state index is -3.31. The highest BCUT2D eigenvalue weighted by atomic mass is 28.4. The van der Waals surface area contributed by atoms with E-state index in [1.807, 2.05) is 12.4 Å². The highest BCUT2D eigenvalue weighted by Gasteiger charge is 2.64. The second kappa shape index (κ2) is 15.6. The van der Waals surface area contributed by atoms with E-state index in [1.54, 1.807) is 0 Å². The lowest BCUT2D eigenvalue weighted by atomic mass is 9.98. The molecule has 12 rings (SSSR count). The van der Waals surface area contributed by atoms with Crippen LogP contribution in [0.15, 0.2) is 225 Å². The summed E-state index contributed by atoms with van der Waals surface area (Å²) in [4.78, 5) is 14.9. The van der Waals surface area contributed by atoms with Gasteiger partial charge in [-0.15, -0.1) is 0 Å². The lowest BCUT2D eigenvalue weighted by Crippen LogP contribution is -2.77. The molecule has 0 saturated heterocycles. The van der Waals surface area contributed by atoms with Gasteiger partial charge in [0.25, 0.3) is 0 Å². The minimum Gasteiger partial charge on any atom is -0.457 e. The average Bonchev–Trinajstić information content (AvgIpc) is 3.92. The third kappa shape index (κ3) is 5.81. The van der Waals surface area contributed by atoms with Crippen LogP contribution in [0.2, 0.25) is 26.2 Å². The van der Waals surface area contributed by atoms with Gasteiger partial charge >= 0.3 is 0 Å². The first-order valence-corrected chi connectivity index (χ1v) is 31.1. The summed E-state index contributed by atoms with van der Waals surface area (Å²) in [5, 5.41) is 7.66. The summed E-state index contributed by atoms with van der Waals surface area (Å²) >= 11 is 0. The van der Waals surface area contributed by atoms with Gasteiger partial charge in [0, 0.05) is 46.3 Å². The van der Waals surface area contributed by atoms with E-state index in [4.69, 9.17) is 19.7 Å². The molecule has 0 aliphatic carbocycles. The molecule has 9 heteroatoms. The standard InChI is InChI=1S/C58H49N5OSi3/c1-65(2,46-27-19-37-59-40-46)58(66(3,4)47-28-20-38-60-41-47)48-29-11-16-35-54(48)64-56-49(58)30-18-36-55(56)67(43-22-7-5-8-23-43,44-24-9-6-10-25-44)45-26-17-21-42(39-45)62-52-33-14-15-34-53(52)63-51-32-13-12-31-50(51)61-57(62)63/h5-41H,1-4H3. The largest absolute Gasteiger partial charge is 0.457 e. The third-order valence-electron chi connectivity index (χ3n) is 15.0. The molecular weight excluding hydrogens is 867 g/mol. The van der Waals surface area contributed by atoms with Gasteiger partial charge in [0.15, 0.2) is 8.07 Å². The number of rotatable bonds is 9. The maximum atomic E-state index is 7.68. The molecule has 6 nitrogen and oxygen atoms in total. The Balaban J connectivity index is 1.22. The van der Waals surface area contributed by atoms with Crippen molar-refractivity contribution in [1.29, 1.82) is 0 Å². The molecule has 67 heavy (non-hydrogen) atoms. The van der Waals surface area contributed by atoms with Crippen molar-refractivity contribution < 1.29 is 4.74 Å². The van der Waals surface area contributed by atoms with Crippen molar-refractivity contribution in [3.63, 3.8) is 0 Å². The number of hydrogen-bond donors (Lipinski definition) is 0. The van der Waals surface area contributed by atoms with Gasteiger partial charge in [-0.05, 0) is 85.7 Å². The smallest absolute Gasteiger partial charge is 0.220 e. The molecule has 11 aromatic rings. The average molecular weight is 916 g/mol. The van der Waals surface area contributed by atoms with E-state index >= 15 is 0 Å². The van der Waals surface area contributed by atoms with Crippen LogP contribution >= 0.6 is 0 Å². The Morgan fingerprint density at radius 3 is 1.66 bits per heavy atom. The van der Waals surface area contributed by atoms with E-state index in [9.17, 15) is 0 Å². The van der Waals surface area contributed by atoms with Crippen molar-refractivity contribution in [2.24, 2.45) is 0 Å². The Bertz CT molecular complexity index is 3540. The summed E-state index contributed by atoms with van der Waals surface area (Å²) in [5.41, 5.74) is 7.85. The maximum Gasteiger partial charge on any atom is 0.220 e. The normalized spacial score (nSPS) is 13.6. The fourth-order valence-electron chi connectivity index (χ4n) is 12.2. The van der Waals surface area contributed by atoms with Gasteiger partial charge in [0.05, 0.1) is 38.2 Å². The van der Waals surface area contributed by atoms with Gasteiger partial charge in [-0.25, -0.2) is 4.98 Å². The van der Waals surface area contributed by atoms with E-state index in [1.165, 1.54) is 42.2 Å². The zero-order chi connectivity index (χ0) is 45.4. The number of para-hydroxylation sites is 6. The molecule has 7 aromatic carbocycles. The predicted octanol–water partition coefficient (Wildman–Crippen LogP) is 9.30. The summed E-state index contributed by atoms with van der Waals surface area (Å²) in [6.07, 6.45) is 8.07. The molecule has 0 unspecified atom stereocenters. The number of pyridine rings is 2. The highest BCUT2D eigenvalue weighted by molar-refractivity contribution is 7.20. The Morgan fingerprint density at radius 1 is 0.463 bits per heavy atom. The Kier molecular flexibility index (Phi) is 9.55. The number of fused-ring (bicyclic) bond motifs is 7. The summed E-state index contributed by atoms with van der Waals surface area (Å²) in [6.45, 7) is 10.3. The molecule has 0 radical (unpaired) electrons. The van der Waals surface area contributed by atoms with Crippen LogP contribution in [0.3, 0.4) is 0 Å². The van der Waals surface area contributed by atoms with Gasteiger partial charge in [-0.1, -0.05) is 172 Å². The van der Waals surface area contributed by atoms with Crippen molar-refractivity contribution in [2.75, 3.05) is 0 Å². The molecule has 0 atom stereocenters. The topological polar surface area (TPSA) is 57.2 Å². The monoisotopic (exact) mass is 915 g/mol. The van der Waals surface area contributed by atoms with Crippen molar-refractivity contribution in [3.05, 3.63) is 236 Å². The quantitative estimate of drug-likeness (QED) is 0.107. The second-order valence-electron chi connectivity index (χ2n) is 18.9. The molecule has 324 valence electrons. The number of hydrogen-bond acceptors (Lipinski definition) is 4. The van der Waals surface area contributed by atoms with Crippen molar-refractivity contribution in [3.8, 4) is 17.2 Å². The minimum absolute atomic E-state index is 0.444. The SMILES string of the molecule is C[Si](C)(c1cccnc1)C1([Si](C)(C)c2cccnc2)c2ccccc2Oc2c1cccc2[Si](c1ccccc1)(c1ccccc1)c1cccc(-n2c3ccccc3n3c4ccccc4nc23)c1. The van der Waals surface area contributed by atoms with E-state index in [2.05, 4.69) is 248 Å². The van der Waals surface area contributed by atoms with Crippen molar-refractivity contribution in [1.82, 2.24) is 23.9 Å². The molecule has 0 bridgehead atoms. The third-order valence-corrected chi connectivity index (χ3v) is 31.9. The van der Waals surface area contributed by atoms with Crippen LogP contribution in [-0.4, -0.2) is 48.1 Å². The summed E-state index contributed by atoms with van der Waals surface area (Å²) in [5.74, 6) is 2.77. The van der Waals surface area contributed by atoms with E-state index < -0.39 is 28.9 Å². The summed E-state index contributed by atoms with van der Waals surface area (Å²) in [7, 11) is -8.68. The van der Waals surface area contributed by atoms with Crippen molar-refractivity contribution >= 4 is 83.2 Å². The molecule has 4 aromatic heterocycles. The van der Waals surface area contributed by atoms with Crippen LogP contribution in [0.1, 0.15) is 11.1 Å². The van der Waals surface area contributed by atoms with Gasteiger partial charge in [0.1, 0.15) is 11.5 Å². The number of imidazole rings is 2. The molecule has 0 saturated carbocycles. The number of benzene rings is 7. The van der Waals surface area contributed by atoms with E-state index in [0.29, 0.717) is 0 Å². The maximum absolute atomic E-state index is 7.68. The summed E-state index contributed by atoms with van der Waals surface area (Å²) < 4.78 is 11.9. The molecule has 1 aliphatic heterocycles. The molecule has 0 N–H and O–H groups in total. The fraction of sp³-hybridized carbons (Fsp3) is 0.0862. The van der Waals surface area contributed by atoms with Crippen LogP contribution in [0, 0.1) is 0 Å².